The molecule has 1 aliphatic rings. The van der Waals surface area contributed by atoms with Crippen molar-refractivity contribution in [3.05, 3.63) is 35.4 Å². The molecule has 1 aromatic carbocycles. The maximum atomic E-state index is 12.0. The normalized spacial score (nSPS) is 17.6. The molecule has 0 radical (unpaired) electrons. The SMILES string of the molecule is CC(=O)N1CCC(C(=O)NCc2ccc(C(=O)O)cc2)C1. The van der Waals surface area contributed by atoms with Crippen molar-refractivity contribution in [3.63, 3.8) is 0 Å². The summed E-state index contributed by atoms with van der Waals surface area (Å²) < 4.78 is 0. The second kappa shape index (κ2) is 6.39. The molecule has 0 bridgehead atoms. The van der Waals surface area contributed by atoms with Gasteiger partial charge in [-0.1, -0.05) is 12.1 Å². The first-order chi connectivity index (χ1) is 9.97. The highest BCUT2D eigenvalue weighted by molar-refractivity contribution is 5.87. The van der Waals surface area contributed by atoms with Crippen molar-refractivity contribution in [3.8, 4) is 0 Å². The van der Waals surface area contributed by atoms with E-state index in [0.29, 0.717) is 26.1 Å². The topological polar surface area (TPSA) is 86.7 Å². The van der Waals surface area contributed by atoms with Gasteiger partial charge in [0.25, 0.3) is 0 Å². The Morgan fingerprint density at radius 3 is 2.48 bits per heavy atom. The summed E-state index contributed by atoms with van der Waals surface area (Å²) >= 11 is 0. The quantitative estimate of drug-likeness (QED) is 0.861. The van der Waals surface area contributed by atoms with Gasteiger partial charge in [0, 0.05) is 26.6 Å². The summed E-state index contributed by atoms with van der Waals surface area (Å²) in [5, 5.41) is 11.6. The van der Waals surface area contributed by atoms with Crippen LogP contribution in [0.3, 0.4) is 0 Å². The predicted octanol–water partition coefficient (Wildman–Crippen LogP) is 0.869. The summed E-state index contributed by atoms with van der Waals surface area (Å²) in [7, 11) is 0. The van der Waals surface area contributed by atoms with Crippen molar-refractivity contribution >= 4 is 17.8 Å². The van der Waals surface area contributed by atoms with E-state index in [4.69, 9.17) is 5.11 Å². The molecule has 1 atom stereocenters. The highest BCUT2D eigenvalue weighted by Gasteiger charge is 2.29. The number of carbonyl (C=O) groups is 3. The molecule has 21 heavy (non-hydrogen) atoms. The number of hydrogen-bond donors (Lipinski definition) is 2. The molecule has 1 saturated heterocycles. The fraction of sp³-hybridized carbons (Fsp3) is 0.400. The van der Waals surface area contributed by atoms with Gasteiger partial charge in [0.1, 0.15) is 0 Å². The summed E-state index contributed by atoms with van der Waals surface area (Å²) in [6.07, 6.45) is 0.684. The van der Waals surface area contributed by atoms with Crippen LogP contribution in [0.15, 0.2) is 24.3 Å². The number of benzene rings is 1. The number of carboxylic acids is 1. The zero-order valence-corrected chi connectivity index (χ0v) is 11.8. The number of carbonyl (C=O) groups excluding carboxylic acids is 2. The van der Waals surface area contributed by atoms with E-state index in [9.17, 15) is 14.4 Å². The maximum absolute atomic E-state index is 12.0. The Hall–Kier alpha value is -2.37. The molecular formula is C15H18N2O4. The van der Waals surface area contributed by atoms with Gasteiger partial charge in [-0.25, -0.2) is 4.79 Å². The second-order valence-corrected chi connectivity index (χ2v) is 5.17. The standard InChI is InChI=1S/C15H18N2O4/c1-10(18)17-7-6-13(9-17)14(19)16-8-11-2-4-12(5-3-11)15(20)21/h2-5,13H,6-9H2,1H3,(H,16,19)(H,20,21). The summed E-state index contributed by atoms with van der Waals surface area (Å²) in [5.74, 6) is -1.20. The largest absolute Gasteiger partial charge is 0.478 e. The molecule has 0 aliphatic carbocycles. The van der Waals surface area contributed by atoms with E-state index in [1.165, 1.54) is 19.1 Å². The zero-order valence-electron chi connectivity index (χ0n) is 11.8. The van der Waals surface area contributed by atoms with Crippen LogP contribution in [-0.2, 0) is 16.1 Å². The molecule has 6 heteroatoms. The molecule has 1 aromatic rings. The first-order valence-corrected chi connectivity index (χ1v) is 6.83. The molecule has 2 N–H and O–H groups in total. The van der Waals surface area contributed by atoms with Gasteiger partial charge in [0.15, 0.2) is 0 Å². The molecule has 1 fully saturated rings. The lowest BCUT2D eigenvalue weighted by molar-refractivity contribution is -0.128. The Labute approximate surface area is 122 Å². The Bertz CT molecular complexity index is 553. The van der Waals surface area contributed by atoms with Crippen molar-refractivity contribution in [1.29, 1.82) is 0 Å². The third kappa shape index (κ3) is 3.81. The summed E-state index contributed by atoms with van der Waals surface area (Å²) in [6.45, 7) is 2.96. The maximum Gasteiger partial charge on any atom is 0.335 e. The van der Waals surface area contributed by atoms with Crippen molar-refractivity contribution in [2.45, 2.75) is 19.9 Å². The van der Waals surface area contributed by atoms with E-state index in [-0.39, 0.29) is 23.3 Å². The predicted molar refractivity (Wildman–Crippen MR) is 75.6 cm³/mol. The van der Waals surface area contributed by atoms with Crippen molar-refractivity contribution in [2.75, 3.05) is 13.1 Å². The molecular weight excluding hydrogens is 272 g/mol. The van der Waals surface area contributed by atoms with Crippen molar-refractivity contribution in [2.24, 2.45) is 5.92 Å². The molecule has 1 heterocycles. The monoisotopic (exact) mass is 290 g/mol. The van der Waals surface area contributed by atoms with Crippen molar-refractivity contribution in [1.82, 2.24) is 10.2 Å². The van der Waals surface area contributed by atoms with Crippen LogP contribution in [0, 0.1) is 5.92 Å². The molecule has 0 spiro atoms. The molecule has 1 aliphatic heterocycles. The fourth-order valence-electron chi connectivity index (χ4n) is 2.36. The average Bonchev–Trinajstić information content (AvgIpc) is 2.95. The summed E-state index contributed by atoms with van der Waals surface area (Å²) in [5.41, 5.74) is 1.06. The summed E-state index contributed by atoms with van der Waals surface area (Å²) in [6, 6.07) is 6.38. The lowest BCUT2D eigenvalue weighted by atomic mass is 10.1. The number of amides is 2. The van der Waals surface area contributed by atoms with Crippen LogP contribution in [0.25, 0.3) is 0 Å². The number of hydrogen-bond acceptors (Lipinski definition) is 3. The lowest BCUT2D eigenvalue weighted by Crippen LogP contribution is -2.33. The number of aromatic carboxylic acids is 1. The highest BCUT2D eigenvalue weighted by Crippen LogP contribution is 2.16. The Morgan fingerprint density at radius 2 is 1.95 bits per heavy atom. The van der Waals surface area contributed by atoms with Crippen LogP contribution in [-0.4, -0.2) is 40.9 Å². The average molecular weight is 290 g/mol. The van der Waals surface area contributed by atoms with Crippen LogP contribution < -0.4 is 5.32 Å². The lowest BCUT2D eigenvalue weighted by Gasteiger charge is -2.14. The first kappa shape index (κ1) is 15.0. The van der Waals surface area contributed by atoms with Gasteiger partial charge in [0.05, 0.1) is 11.5 Å². The van der Waals surface area contributed by atoms with Crippen LogP contribution >= 0.6 is 0 Å². The van der Waals surface area contributed by atoms with Crippen LogP contribution in [0.5, 0.6) is 0 Å². The van der Waals surface area contributed by atoms with Gasteiger partial charge >= 0.3 is 5.97 Å². The van der Waals surface area contributed by atoms with Crippen LogP contribution in [0.2, 0.25) is 0 Å². The molecule has 6 nitrogen and oxygen atoms in total. The third-order valence-electron chi connectivity index (χ3n) is 3.67. The summed E-state index contributed by atoms with van der Waals surface area (Å²) in [4.78, 5) is 35.7. The van der Waals surface area contributed by atoms with Gasteiger partial charge in [-0.05, 0) is 24.1 Å². The van der Waals surface area contributed by atoms with E-state index >= 15 is 0 Å². The Morgan fingerprint density at radius 1 is 1.29 bits per heavy atom. The van der Waals surface area contributed by atoms with E-state index in [1.54, 1.807) is 17.0 Å². The number of carboxylic acid groups (broad SMARTS) is 1. The Kier molecular flexibility index (Phi) is 4.57. The fourth-order valence-corrected chi connectivity index (χ4v) is 2.36. The first-order valence-electron chi connectivity index (χ1n) is 6.83. The minimum absolute atomic E-state index is 0.00504. The van der Waals surface area contributed by atoms with Gasteiger partial charge in [-0.15, -0.1) is 0 Å². The number of nitrogens with one attached hydrogen (secondary N) is 1. The zero-order chi connectivity index (χ0) is 15.4. The molecule has 1 unspecified atom stereocenters. The number of nitrogens with zero attached hydrogens (tertiary/aromatic N) is 1. The van der Waals surface area contributed by atoms with Gasteiger partial charge in [0.2, 0.25) is 11.8 Å². The minimum Gasteiger partial charge on any atom is -0.478 e. The van der Waals surface area contributed by atoms with Crippen molar-refractivity contribution < 1.29 is 19.5 Å². The van der Waals surface area contributed by atoms with Crippen LogP contribution in [0.1, 0.15) is 29.3 Å². The van der Waals surface area contributed by atoms with E-state index in [2.05, 4.69) is 5.32 Å². The molecule has 2 rings (SSSR count). The molecule has 0 aromatic heterocycles. The molecule has 0 saturated carbocycles. The number of rotatable bonds is 4. The molecule has 2 amide bonds. The van der Waals surface area contributed by atoms with E-state index in [0.717, 1.165) is 5.56 Å². The van der Waals surface area contributed by atoms with Gasteiger partial charge in [-0.2, -0.15) is 0 Å². The molecule has 112 valence electrons. The number of likely N-dealkylation sites (tertiary alicyclic amines) is 1. The Balaban J connectivity index is 1.84. The van der Waals surface area contributed by atoms with E-state index < -0.39 is 5.97 Å². The van der Waals surface area contributed by atoms with E-state index in [1.807, 2.05) is 0 Å². The van der Waals surface area contributed by atoms with Gasteiger partial charge < -0.3 is 15.3 Å². The highest BCUT2D eigenvalue weighted by atomic mass is 16.4. The minimum atomic E-state index is -0.971. The van der Waals surface area contributed by atoms with Gasteiger partial charge in [-0.3, -0.25) is 9.59 Å². The third-order valence-corrected chi connectivity index (χ3v) is 3.67. The smallest absolute Gasteiger partial charge is 0.335 e. The second-order valence-electron chi connectivity index (χ2n) is 5.17. The van der Waals surface area contributed by atoms with Crippen LogP contribution in [0.4, 0.5) is 0 Å².